The van der Waals surface area contributed by atoms with Crippen LogP contribution >= 0.6 is 0 Å². The Hall–Kier alpha value is -8.54. The summed E-state index contributed by atoms with van der Waals surface area (Å²) in [6, 6.07) is 27.2. The Balaban J connectivity index is 0.818. The second kappa shape index (κ2) is 23.4. The van der Waals surface area contributed by atoms with E-state index in [4.69, 9.17) is 35.6 Å². The summed E-state index contributed by atoms with van der Waals surface area (Å²) in [5.41, 5.74) is 6.89. The van der Waals surface area contributed by atoms with Crippen molar-refractivity contribution in [3.63, 3.8) is 0 Å². The van der Waals surface area contributed by atoms with Crippen molar-refractivity contribution in [2.45, 2.75) is 102 Å². The molecule has 4 fully saturated rings. The maximum Gasteiger partial charge on any atom is 0.319 e. The van der Waals surface area contributed by atoms with Crippen LogP contribution in [0.15, 0.2) is 109 Å². The first kappa shape index (κ1) is 55.0. The van der Waals surface area contributed by atoms with Gasteiger partial charge in [0, 0.05) is 73.7 Å². The van der Waals surface area contributed by atoms with E-state index in [2.05, 4.69) is 31.8 Å². The van der Waals surface area contributed by atoms with Gasteiger partial charge >= 0.3 is 6.01 Å². The number of piperazine rings is 1. The van der Waals surface area contributed by atoms with E-state index in [1.165, 1.54) is 27.8 Å². The summed E-state index contributed by atoms with van der Waals surface area (Å²) < 4.78 is 36.2. The first-order valence-electron chi connectivity index (χ1n) is 28.4. The van der Waals surface area contributed by atoms with E-state index in [9.17, 15) is 24.9 Å². The molecule has 12 rings (SSSR count). The van der Waals surface area contributed by atoms with Gasteiger partial charge in [0.1, 0.15) is 59.1 Å². The number of β-amino-alcohol motifs (C(OH)–C–C–N with tert-alkyl or cyclic N) is 1. The highest BCUT2D eigenvalue weighted by Gasteiger charge is 2.43. The zero-order valence-corrected chi connectivity index (χ0v) is 46.4. The quantitative estimate of drug-likeness (QED) is 0.0579. The molecule has 83 heavy (non-hydrogen) atoms. The fourth-order valence-corrected chi connectivity index (χ4v) is 12.3. The number of anilines is 1. The number of pyridine rings is 1. The molecule has 4 saturated heterocycles. The lowest BCUT2D eigenvalue weighted by molar-refractivity contribution is -0.142. The molecule has 4 aliphatic heterocycles. The van der Waals surface area contributed by atoms with Crippen LogP contribution in [0.4, 0.5) is 10.2 Å². The molecule has 8 aromatic rings. The molecule has 0 radical (unpaired) electrons. The van der Waals surface area contributed by atoms with Crippen molar-refractivity contribution in [3.8, 4) is 63.5 Å². The van der Waals surface area contributed by atoms with Crippen LogP contribution in [0.5, 0.6) is 17.5 Å². The number of aryl methyl sites for hydroxylation is 1. The van der Waals surface area contributed by atoms with Gasteiger partial charge in [-0.1, -0.05) is 104 Å². The summed E-state index contributed by atoms with van der Waals surface area (Å²) in [4.78, 5) is 47.5. The number of phenols is 1. The number of benzene rings is 5. The van der Waals surface area contributed by atoms with Crippen LogP contribution in [-0.4, -0.2) is 132 Å². The van der Waals surface area contributed by atoms with Gasteiger partial charge in [0.2, 0.25) is 11.8 Å². The number of nitrogens with one attached hydrogen (secondary N) is 2. The molecular weight excluding hydrogens is 1060 g/mol. The fourth-order valence-electron chi connectivity index (χ4n) is 12.3. The second-order valence-corrected chi connectivity index (χ2v) is 22.5. The number of likely N-dealkylation sites (tertiary alicyclic amines) is 1. The molecule has 2 amide bonds. The van der Waals surface area contributed by atoms with Crippen molar-refractivity contribution in [2.75, 3.05) is 44.4 Å². The number of fused-ring (bicyclic) bond motifs is 4. The Labute approximate surface area is 479 Å². The molecular formula is C64H65FN10O8. The Kier molecular flexibility index (Phi) is 15.5. The van der Waals surface area contributed by atoms with Crippen LogP contribution in [0.1, 0.15) is 80.3 Å². The van der Waals surface area contributed by atoms with Crippen LogP contribution < -0.4 is 25.0 Å². The van der Waals surface area contributed by atoms with Crippen molar-refractivity contribution >= 4 is 39.3 Å². The number of rotatable bonds is 16. The minimum Gasteiger partial charge on any atom is -0.508 e. The molecule has 19 heteroatoms. The lowest BCUT2D eigenvalue weighted by Gasteiger charge is -2.34. The largest absolute Gasteiger partial charge is 0.508 e. The van der Waals surface area contributed by atoms with Gasteiger partial charge in [-0.25, -0.2) is 9.07 Å². The third kappa shape index (κ3) is 11.1. The molecule has 426 valence electrons. The number of aromatic nitrogens is 6. The van der Waals surface area contributed by atoms with E-state index >= 15 is 4.39 Å². The number of amides is 2. The molecule has 0 aliphatic carbocycles. The van der Waals surface area contributed by atoms with E-state index in [0.717, 1.165) is 35.1 Å². The average molecular weight is 1120 g/mol. The van der Waals surface area contributed by atoms with Gasteiger partial charge in [0.05, 0.1) is 49.1 Å². The van der Waals surface area contributed by atoms with Crippen LogP contribution in [0, 0.1) is 31.0 Å². The van der Waals surface area contributed by atoms with Crippen molar-refractivity contribution < 1.29 is 43.5 Å². The average Bonchev–Trinajstić information content (AvgIpc) is 4.47. The number of terminal acetylenes is 1. The summed E-state index contributed by atoms with van der Waals surface area (Å²) in [5, 5.41) is 49.6. The Morgan fingerprint density at radius 2 is 1.67 bits per heavy atom. The summed E-state index contributed by atoms with van der Waals surface area (Å²) in [7, 11) is 0. The molecule has 5 aromatic carbocycles. The number of halogens is 1. The number of aromatic hydroxyl groups is 1. The molecule has 0 spiro atoms. The van der Waals surface area contributed by atoms with Crippen molar-refractivity contribution in [3.05, 3.63) is 138 Å². The summed E-state index contributed by atoms with van der Waals surface area (Å²) >= 11 is 0. The third-order valence-corrected chi connectivity index (χ3v) is 16.5. The highest BCUT2D eigenvalue weighted by atomic mass is 19.1. The maximum atomic E-state index is 15.6. The van der Waals surface area contributed by atoms with E-state index in [1.54, 1.807) is 18.5 Å². The third-order valence-electron chi connectivity index (χ3n) is 16.5. The zero-order valence-electron chi connectivity index (χ0n) is 46.4. The number of carbonyl (C=O) groups is 2. The van der Waals surface area contributed by atoms with Crippen LogP contribution in [-0.2, 0) is 20.9 Å². The number of hydrogen-bond donors (Lipinski definition) is 5. The number of aliphatic hydroxyl groups is 2. The molecule has 18 nitrogen and oxygen atoms in total. The Morgan fingerprint density at radius 3 is 2.40 bits per heavy atom. The predicted molar refractivity (Wildman–Crippen MR) is 311 cm³/mol. The number of phenolic OH excluding ortho intramolecular Hbond substituents is 1. The Bertz CT molecular complexity index is 3760. The standard InChI is InChI=1S/C64H65FN10O8/c1-5-48-52(65)21-18-42-26-45(77)27-50(56(42)48)57-60(58-51(29-66-57)61(73-30-43-19-20-44(31-73)67-43)70-64(69-58)83-47-22-24-81-25-23-47)82-35-38-10-12-40(13-11-38)53-33-75(72-71-53)59(36(2)3)63(80)74-32-46(78)28-55(74)62(79)68-54(34-76)41-16-14-39(15-17-41)49-9-7-6-8-37(49)4/h1,6-18,21,26-27,29,33,36,43-44,46-47,54-55,59,67,76-78H,19-20,22-25,28,30-32,34-35H2,2-4H3,(H,68,79)/t43?,44?,46-,54+,55+,59+/m1/s1. The van der Waals surface area contributed by atoms with Gasteiger partial charge in [-0.15, -0.1) is 11.5 Å². The Morgan fingerprint density at radius 1 is 0.928 bits per heavy atom. The van der Waals surface area contributed by atoms with Crippen molar-refractivity contribution in [2.24, 2.45) is 5.92 Å². The number of aliphatic hydroxyl groups excluding tert-OH is 2. The fraction of sp³-hybridized carbons (Fsp3) is 0.359. The minimum absolute atomic E-state index is 0.0105. The highest BCUT2D eigenvalue weighted by Crippen LogP contribution is 2.44. The minimum atomic E-state index is -0.996. The smallest absolute Gasteiger partial charge is 0.319 e. The van der Waals surface area contributed by atoms with Gasteiger partial charge in [-0.05, 0) is 77.1 Å². The molecule has 7 heterocycles. The molecule has 0 saturated carbocycles. The number of nitrogens with zero attached hydrogens (tertiary/aromatic N) is 8. The number of ether oxygens (including phenoxy) is 3. The lowest BCUT2D eigenvalue weighted by atomic mass is 9.95. The van der Waals surface area contributed by atoms with Crippen molar-refractivity contribution in [1.82, 2.24) is 45.5 Å². The van der Waals surface area contributed by atoms with Crippen LogP contribution in [0.3, 0.4) is 0 Å². The van der Waals surface area contributed by atoms with Crippen LogP contribution in [0.2, 0.25) is 0 Å². The molecule has 2 bridgehead atoms. The summed E-state index contributed by atoms with van der Waals surface area (Å²) in [5.74, 6) is 1.57. The van der Waals surface area contributed by atoms with Crippen LogP contribution in [0.25, 0.3) is 55.3 Å². The summed E-state index contributed by atoms with van der Waals surface area (Å²) in [6.45, 7) is 7.94. The first-order valence-corrected chi connectivity index (χ1v) is 28.4. The lowest BCUT2D eigenvalue weighted by Crippen LogP contribution is -2.51. The van der Waals surface area contributed by atoms with Gasteiger partial charge in [0.15, 0.2) is 5.75 Å². The van der Waals surface area contributed by atoms with Crippen molar-refractivity contribution in [1.29, 1.82) is 0 Å². The maximum absolute atomic E-state index is 15.6. The number of hydrogen-bond acceptors (Lipinski definition) is 15. The topological polar surface area (TPSA) is 222 Å². The molecule has 2 unspecified atom stereocenters. The van der Waals surface area contributed by atoms with Gasteiger partial charge in [-0.3, -0.25) is 14.6 Å². The van der Waals surface area contributed by atoms with Gasteiger partial charge in [-0.2, -0.15) is 9.97 Å². The van der Waals surface area contributed by atoms with Gasteiger partial charge < -0.3 is 50.0 Å². The second-order valence-electron chi connectivity index (χ2n) is 22.5. The predicted octanol–water partition coefficient (Wildman–Crippen LogP) is 7.99. The van der Waals surface area contributed by atoms with E-state index in [-0.39, 0.29) is 79.1 Å². The highest BCUT2D eigenvalue weighted by molar-refractivity contribution is 6.05. The SMILES string of the molecule is C#Cc1c(F)ccc2cc(O)cc(-c3ncc4c(N5CC6CCC(C5)N6)nc(OC5CCOCC5)nc4c3OCc3ccc(-c4cn([C@H](C(=O)N5C[C@H](O)C[C@H]5C(=O)N[C@@H](CO)c5ccc(-c6ccccc6C)cc5)C(C)C)nn4)cc3)c12. The number of carbonyl (C=O) groups excluding carboxylic acids is 2. The van der Waals surface area contributed by atoms with Gasteiger partial charge in [0.25, 0.3) is 0 Å². The molecule has 6 atom stereocenters. The van der Waals surface area contributed by atoms with E-state index in [0.29, 0.717) is 89.0 Å². The molecule has 4 aliphatic rings. The van der Waals surface area contributed by atoms with E-state index < -0.39 is 41.9 Å². The normalized spacial score (nSPS) is 19.7. The molecule has 3 aromatic heterocycles. The summed E-state index contributed by atoms with van der Waals surface area (Å²) in [6.07, 6.45) is 11.7. The monoisotopic (exact) mass is 1120 g/mol. The first-order chi connectivity index (χ1) is 40.3. The zero-order chi connectivity index (χ0) is 57.5. The van der Waals surface area contributed by atoms with E-state index in [1.807, 2.05) is 93.6 Å². The molecule has 5 N–H and O–H groups in total.